The number of anilines is 1. The molecule has 6 nitrogen and oxygen atoms in total. The van der Waals surface area contributed by atoms with E-state index >= 15 is 0 Å². The third kappa shape index (κ3) is 2.94. The molecule has 0 fully saturated rings. The highest BCUT2D eigenvalue weighted by Gasteiger charge is 2.16. The van der Waals surface area contributed by atoms with Gasteiger partial charge >= 0.3 is 0 Å². The molecule has 132 valence electrons. The fourth-order valence-corrected chi connectivity index (χ4v) is 3.29. The van der Waals surface area contributed by atoms with Crippen molar-refractivity contribution in [1.82, 2.24) is 9.55 Å². The molecule has 1 N–H and O–H groups in total. The molecule has 26 heavy (non-hydrogen) atoms. The lowest BCUT2D eigenvalue weighted by Crippen LogP contribution is -2.28. The second-order valence-corrected chi connectivity index (χ2v) is 6.36. The molecule has 0 aliphatic carbocycles. The molecule has 6 heteroatoms. The fourth-order valence-electron chi connectivity index (χ4n) is 3.29. The van der Waals surface area contributed by atoms with E-state index in [4.69, 9.17) is 4.74 Å². The van der Waals surface area contributed by atoms with Crippen molar-refractivity contribution in [1.29, 1.82) is 0 Å². The van der Waals surface area contributed by atoms with E-state index in [9.17, 15) is 9.59 Å². The van der Waals surface area contributed by atoms with Gasteiger partial charge in [0.1, 0.15) is 11.6 Å². The van der Waals surface area contributed by atoms with E-state index in [-0.39, 0.29) is 11.5 Å². The number of fused-ring (bicyclic) bond motifs is 2. The number of methoxy groups -OCH3 is 1. The van der Waals surface area contributed by atoms with Crippen molar-refractivity contribution < 1.29 is 9.53 Å². The Kier molecular flexibility index (Phi) is 4.16. The van der Waals surface area contributed by atoms with Crippen LogP contribution in [0.3, 0.4) is 0 Å². The first-order valence-corrected chi connectivity index (χ1v) is 8.64. The minimum absolute atomic E-state index is 0.0237. The number of benzene rings is 2. The van der Waals surface area contributed by atoms with E-state index in [1.165, 1.54) is 0 Å². The van der Waals surface area contributed by atoms with Crippen molar-refractivity contribution in [2.75, 3.05) is 12.4 Å². The summed E-state index contributed by atoms with van der Waals surface area (Å²) in [6, 6.07) is 12.2. The lowest BCUT2D eigenvalue weighted by atomic mass is 10.1. The maximum absolute atomic E-state index is 12.6. The Bertz CT molecular complexity index is 1060. The summed E-state index contributed by atoms with van der Waals surface area (Å²) in [4.78, 5) is 29.8. The van der Waals surface area contributed by atoms with E-state index in [0.717, 1.165) is 31.6 Å². The van der Waals surface area contributed by atoms with Gasteiger partial charge in [0.05, 0.1) is 18.0 Å². The van der Waals surface area contributed by atoms with Gasteiger partial charge in [-0.3, -0.25) is 14.2 Å². The summed E-state index contributed by atoms with van der Waals surface area (Å²) in [5.41, 5.74) is 1.66. The summed E-state index contributed by atoms with van der Waals surface area (Å²) in [5, 5.41) is 3.39. The Morgan fingerprint density at radius 1 is 1.19 bits per heavy atom. The molecule has 0 bridgehead atoms. The number of aromatic nitrogens is 2. The maximum Gasteiger partial charge on any atom is 0.261 e. The number of rotatable bonds is 3. The monoisotopic (exact) mass is 349 g/mol. The number of ether oxygens (including phenoxy) is 1. The quantitative estimate of drug-likeness (QED) is 0.789. The zero-order chi connectivity index (χ0) is 18.1. The Morgan fingerprint density at radius 2 is 2.08 bits per heavy atom. The number of hydrogen-bond donors (Lipinski definition) is 1. The van der Waals surface area contributed by atoms with Crippen molar-refractivity contribution >= 4 is 22.5 Å². The standard InChI is InChI=1S/C20H19N3O3/c1-26-15-6-4-5-14(12-15)21-19(24)13-8-9-16-17(11-13)22-18-7-2-3-10-23(18)20(16)25/h4-6,8-9,11-12H,2-3,7,10H2,1H3,(H,21,24). The van der Waals surface area contributed by atoms with Gasteiger partial charge < -0.3 is 10.1 Å². The Hall–Kier alpha value is -3.15. The minimum Gasteiger partial charge on any atom is -0.497 e. The first kappa shape index (κ1) is 16.3. The summed E-state index contributed by atoms with van der Waals surface area (Å²) in [5.74, 6) is 1.22. The summed E-state index contributed by atoms with van der Waals surface area (Å²) in [6.07, 6.45) is 2.83. The summed E-state index contributed by atoms with van der Waals surface area (Å²) in [7, 11) is 1.58. The predicted octanol–water partition coefficient (Wildman–Crippen LogP) is 2.99. The number of amides is 1. The number of carbonyl (C=O) groups is 1. The highest BCUT2D eigenvalue weighted by atomic mass is 16.5. The molecule has 1 amide bonds. The van der Waals surface area contributed by atoms with Crippen molar-refractivity contribution in [3.05, 3.63) is 64.2 Å². The average Bonchev–Trinajstić information content (AvgIpc) is 2.68. The van der Waals surface area contributed by atoms with Crippen LogP contribution in [0, 0.1) is 0 Å². The molecule has 2 heterocycles. The summed E-state index contributed by atoms with van der Waals surface area (Å²) in [6.45, 7) is 0.717. The molecular weight excluding hydrogens is 330 g/mol. The van der Waals surface area contributed by atoms with Crippen LogP contribution in [-0.4, -0.2) is 22.6 Å². The van der Waals surface area contributed by atoms with Crippen molar-refractivity contribution in [3.8, 4) is 5.75 Å². The summed E-state index contributed by atoms with van der Waals surface area (Å²) >= 11 is 0. The van der Waals surface area contributed by atoms with Gasteiger partial charge in [-0.25, -0.2) is 4.98 Å². The van der Waals surface area contributed by atoms with Gasteiger partial charge in [0.2, 0.25) is 0 Å². The number of carbonyl (C=O) groups excluding carboxylic acids is 1. The van der Waals surface area contributed by atoms with E-state index in [1.807, 2.05) is 12.1 Å². The van der Waals surface area contributed by atoms with Crippen molar-refractivity contribution in [2.24, 2.45) is 0 Å². The van der Waals surface area contributed by atoms with Crippen LogP contribution in [-0.2, 0) is 13.0 Å². The third-order valence-corrected chi connectivity index (χ3v) is 4.66. The van der Waals surface area contributed by atoms with Crippen LogP contribution in [0.25, 0.3) is 10.9 Å². The molecule has 0 saturated carbocycles. The van der Waals surface area contributed by atoms with Crippen molar-refractivity contribution in [2.45, 2.75) is 25.8 Å². The van der Waals surface area contributed by atoms with Gasteiger partial charge in [0.25, 0.3) is 11.5 Å². The molecule has 4 rings (SSSR count). The van der Waals surface area contributed by atoms with Gasteiger partial charge in [0, 0.05) is 30.3 Å². The van der Waals surface area contributed by atoms with E-state index in [1.54, 1.807) is 42.0 Å². The fraction of sp³-hybridized carbons (Fsp3) is 0.250. The van der Waals surface area contributed by atoms with Gasteiger partial charge in [-0.2, -0.15) is 0 Å². The first-order chi connectivity index (χ1) is 12.7. The van der Waals surface area contributed by atoms with E-state index < -0.39 is 0 Å². The van der Waals surface area contributed by atoms with Crippen LogP contribution in [0.15, 0.2) is 47.3 Å². The molecule has 1 aliphatic rings. The van der Waals surface area contributed by atoms with Gasteiger partial charge in [-0.05, 0) is 43.2 Å². The van der Waals surface area contributed by atoms with Gasteiger partial charge in [0.15, 0.2) is 0 Å². The van der Waals surface area contributed by atoms with Crippen LogP contribution in [0.1, 0.15) is 29.0 Å². The molecule has 0 unspecified atom stereocenters. The molecule has 0 atom stereocenters. The van der Waals surface area contributed by atoms with E-state index in [2.05, 4.69) is 10.3 Å². The number of nitrogens with zero attached hydrogens (tertiary/aromatic N) is 2. The smallest absolute Gasteiger partial charge is 0.261 e. The minimum atomic E-state index is -0.250. The molecular formula is C20H19N3O3. The molecule has 0 radical (unpaired) electrons. The molecule has 2 aromatic carbocycles. The van der Waals surface area contributed by atoms with Crippen LogP contribution in [0.2, 0.25) is 0 Å². The lowest BCUT2D eigenvalue weighted by molar-refractivity contribution is 0.102. The molecule has 1 aliphatic heterocycles. The Morgan fingerprint density at radius 3 is 2.92 bits per heavy atom. The van der Waals surface area contributed by atoms with Gasteiger partial charge in [-0.15, -0.1) is 0 Å². The highest BCUT2D eigenvalue weighted by Crippen LogP contribution is 2.19. The zero-order valence-electron chi connectivity index (χ0n) is 14.5. The lowest BCUT2D eigenvalue weighted by Gasteiger charge is -2.17. The number of aryl methyl sites for hydroxylation is 1. The number of nitrogens with one attached hydrogen (secondary N) is 1. The van der Waals surface area contributed by atoms with Crippen molar-refractivity contribution in [3.63, 3.8) is 0 Å². The normalized spacial score (nSPS) is 13.3. The van der Waals surface area contributed by atoms with E-state index in [0.29, 0.717) is 27.9 Å². The molecule has 0 spiro atoms. The maximum atomic E-state index is 12.6. The Labute approximate surface area is 150 Å². The molecule has 0 saturated heterocycles. The third-order valence-electron chi connectivity index (χ3n) is 4.66. The molecule has 1 aromatic heterocycles. The SMILES string of the molecule is COc1cccc(NC(=O)c2ccc3c(=O)n4c(nc3c2)CCCC4)c1. The highest BCUT2D eigenvalue weighted by molar-refractivity contribution is 6.06. The van der Waals surface area contributed by atoms with Crippen LogP contribution < -0.4 is 15.6 Å². The second-order valence-electron chi connectivity index (χ2n) is 6.36. The molecule has 3 aromatic rings. The van der Waals surface area contributed by atoms with Crippen LogP contribution >= 0.6 is 0 Å². The predicted molar refractivity (Wildman–Crippen MR) is 99.9 cm³/mol. The van der Waals surface area contributed by atoms with Crippen LogP contribution in [0.4, 0.5) is 5.69 Å². The largest absolute Gasteiger partial charge is 0.497 e. The number of hydrogen-bond acceptors (Lipinski definition) is 4. The van der Waals surface area contributed by atoms with Crippen LogP contribution in [0.5, 0.6) is 5.75 Å². The zero-order valence-corrected chi connectivity index (χ0v) is 14.5. The average molecular weight is 349 g/mol. The first-order valence-electron chi connectivity index (χ1n) is 8.64. The summed E-state index contributed by atoms with van der Waals surface area (Å²) < 4.78 is 6.92. The van der Waals surface area contributed by atoms with Gasteiger partial charge in [-0.1, -0.05) is 6.07 Å². The topological polar surface area (TPSA) is 73.2 Å². The second kappa shape index (κ2) is 6.63. The Balaban J connectivity index is 1.68.